The van der Waals surface area contributed by atoms with Crippen LogP contribution in [0.5, 0.6) is 0 Å². The molecule has 19 heavy (non-hydrogen) atoms. The number of hydrogen-bond acceptors (Lipinski definition) is 2. The molecule has 0 aromatic heterocycles. The smallest absolute Gasteiger partial charge is 0.0973 e. The van der Waals surface area contributed by atoms with Crippen molar-refractivity contribution in [2.45, 2.75) is 58.1 Å². The van der Waals surface area contributed by atoms with Gasteiger partial charge in [-0.3, -0.25) is 4.90 Å². The Balaban J connectivity index is 2.30. The van der Waals surface area contributed by atoms with Crippen molar-refractivity contribution in [3.05, 3.63) is 35.4 Å². The van der Waals surface area contributed by atoms with Gasteiger partial charge in [-0.05, 0) is 38.4 Å². The normalized spacial score (nSPS) is 19.8. The van der Waals surface area contributed by atoms with Crippen molar-refractivity contribution in [2.24, 2.45) is 0 Å². The van der Waals surface area contributed by atoms with Crippen molar-refractivity contribution in [1.82, 2.24) is 4.90 Å². The molecule has 1 N–H and O–H groups in total. The van der Waals surface area contributed by atoms with Gasteiger partial charge in [-0.15, -0.1) is 0 Å². The highest BCUT2D eigenvalue weighted by Gasteiger charge is 2.44. The Bertz CT molecular complexity index is 388. The molecule has 1 unspecified atom stereocenters. The van der Waals surface area contributed by atoms with Gasteiger partial charge in [0.05, 0.1) is 11.6 Å². The maximum Gasteiger partial charge on any atom is 0.0973 e. The number of likely N-dealkylation sites (N-methyl/N-ethyl adjacent to an activating group) is 1. The first-order valence-electron chi connectivity index (χ1n) is 7.63. The van der Waals surface area contributed by atoms with E-state index in [9.17, 15) is 5.11 Å². The van der Waals surface area contributed by atoms with E-state index < -0.39 is 0 Å². The first-order chi connectivity index (χ1) is 9.14. The monoisotopic (exact) mass is 261 g/mol. The van der Waals surface area contributed by atoms with Crippen molar-refractivity contribution in [3.63, 3.8) is 0 Å². The van der Waals surface area contributed by atoms with Crippen LogP contribution < -0.4 is 0 Å². The molecule has 1 atom stereocenters. The van der Waals surface area contributed by atoms with Crippen LogP contribution in [0.1, 0.15) is 56.8 Å². The summed E-state index contributed by atoms with van der Waals surface area (Å²) in [5, 5.41) is 11.0. The lowest BCUT2D eigenvalue weighted by Crippen LogP contribution is -2.51. The number of nitrogens with zero attached hydrogens (tertiary/aromatic N) is 1. The molecule has 1 aliphatic rings. The number of aryl methyl sites for hydroxylation is 1. The summed E-state index contributed by atoms with van der Waals surface area (Å²) in [5.74, 6) is 0. The second kappa shape index (κ2) is 6.06. The fourth-order valence-electron chi connectivity index (χ4n) is 3.66. The molecule has 0 heterocycles. The number of aliphatic hydroxyl groups is 1. The SMILES string of the molecule is CCN(CC)C1(C(O)c2ccc(C)cc2)CCCC1. The highest BCUT2D eigenvalue weighted by molar-refractivity contribution is 5.26. The van der Waals surface area contributed by atoms with Crippen LogP contribution in [-0.2, 0) is 0 Å². The first kappa shape index (κ1) is 14.5. The predicted octanol–water partition coefficient (Wildman–Crippen LogP) is 3.68. The van der Waals surface area contributed by atoms with Crippen LogP contribution in [0.4, 0.5) is 0 Å². The van der Waals surface area contributed by atoms with Gasteiger partial charge in [-0.1, -0.05) is 56.5 Å². The van der Waals surface area contributed by atoms with Gasteiger partial charge >= 0.3 is 0 Å². The van der Waals surface area contributed by atoms with Crippen LogP contribution in [0.2, 0.25) is 0 Å². The lowest BCUT2D eigenvalue weighted by molar-refractivity contribution is -0.0268. The van der Waals surface area contributed by atoms with Gasteiger partial charge in [-0.2, -0.15) is 0 Å². The second-order valence-electron chi connectivity index (χ2n) is 5.80. The predicted molar refractivity (Wildman–Crippen MR) is 80.3 cm³/mol. The lowest BCUT2D eigenvalue weighted by Gasteiger charge is -2.44. The largest absolute Gasteiger partial charge is 0.386 e. The minimum absolute atomic E-state index is 0.0429. The summed E-state index contributed by atoms with van der Waals surface area (Å²) in [6.07, 6.45) is 4.34. The zero-order chi connectivity index (χ0) is 13.9. The van der Waals surface area contributed by atoms with Crippen molar-refractivity contribution in [2.75, 3.05) is 13.1 Å². The summed E-state index contributed by atoms with van der Waals surface area (Å²) in [4.78, 5) is 2.46. The molecule has 1 aromatic rings. The molecule has 0 saturated heterocycles. The second-order valence-corrected chi connectivity index (χ2v) is 5.80. The molecule has 1 aromatic carbocycles. The molecule has 106 valence electrons. The molecule has 2 rings (SSSR count). The van der Waals surface area contributed by atoms with Crippen molar-refractivity contribution < 1.29 is 5.11 Å². The molecule has 0 radical (unpaired) electrons. The van der Waals surface area contributed by atoms with E-state index in [0.29, 0.717) is 0 Å². The first-order valence-corrected chi connectivity index (χ1v) is 7.63. The van der Waals surface area contributed by atoms with Gasteiger partial charge in [-0.25, -0.2) is 0 Å². The topological polar surface area (TPSA) is 23.5 Å². The van der Waals surface area contributed by atoms with Crippen molar-refractivity contribution >= 4 is 0 Å². The van der Waals surface area contributed by atoms with E-state index in [1.807, 2.05) is 0 Å². The van der Waals surface area contributed by atoms with Crippen LogP contribution >= 0.6 is 0 Å². The van der Waals surface area contributed by atoms with Gasteiger partial charge < -0.3 is 5.11 Å². The van der Waals surface area contributed by atoms with E-state index >= 15 is 0 Å². The molecular formula is C17H27NO. The van der Waals surface area contributed by atoms with Crippen LogP contribution in [-0.4, -0.2) is 28.6 Å². The number of rotatable bonds is 5. The Hall–Kier alpha value is -0.860. The van der Waals surface area contributed by atoms with E-state index in [1.54, 1.807) is 0 Å². The summed E-state index contributed by atoms with van der Waals surface area (Å²) in [5.41, 5.74) is 2.28. The fourth-order valence-corrected chi connectivity index (χ4v) is 3.66. The van der Waals surface area contributed by atoms with E-state index in [2.05, 4.69) is 49.9 Å². The van der Waals surface area contributed by atoms with Gasteiger partial charge in [0.25, 0.3) is 0 Å². The number of benzene rings is 1. The quantitative estimate of drug-likeness (QED) is 0.874. The molecule has 0 bridgehead atoms. The third-order valence-electron chi connectivity index (χ3n) is 4.76. The molecule has 1 saturated carbocycles. The highest BCUT2D eigenvalue weighted by atomic mass is 16.3. The molecular weight excluding hydrogens is 234 g/mol. The maximum atomic E-state index is 11.0. The molecule has 0 aliphatic heterocycles. The Kier molecular flexibility index (Phi) is 4.64. The van der Waals surface area contributed by atoms with E-state index in [4.69, 9.17) is 0 Å². The zero-order valence-electron chi connectivity index (χ0n) is 12.5. The standard InChI is InChI=1S/C17H27NO/c1-4-18(5-2)17(12-6-7-13-17)16(19)15-10-8-14(3)9-11-15/h8-11,16,19H,4-7,12-13H2,1-3H3. The van der Waals surface area contributed by atoms with Gasteiger partial charge in [0, 0.05) is 0 Å². The molecule has 2 heteroatoms. The fraction of sp³-hybridized carbons (Fsp3) is 0.647. The van der Waals surface area contributed by atoms with Gasteiger partial charge in [0.2, 0.25) is 0 Å². The lowest BCUT2D eigenvalue weighted by atomic mass is 9.84. The average molecular weight is 261 g/mol. The van der Waals surface area contributed by atoms with Crippen LogP contribution in [0.25, 0.3) is 0 Å². The minimum Gasteiger partial charge on any atom is -0.386 e. The number of hydrogen-bond donors (Lipinski definition) is 1. The molecule has 2 nitrogen and oxygen atoms in total. The number of aliphatic hydroxyl groups excluding tert-OH is 1. The molecule has 1 aliphatic carbocycles. The van der Waals surface area contributed by atoms with Crippen LogP contribution in [0.15, 0.2) is 24.3 Å². The summed E-state index contributed by atoms with van der Waals surface area (Å²) in [6.45, 7) is 8.52. The van der Waals surface area contributed by atoms with Crippen LogP contribution in [0.3, 0.4) is 0 Å². The van der Waals surface area contributed by atoms with Gasteiger partial charge in [0.15, 0.2) is 0 Å². The van der Waals surface area contributed by atoms with Crippen molar-refractivity contribution in [1.29, 1.82) is 0 Å². The minimum atomic E-state index is -0.365. The Morgan fingerprint density at radius 3 is 2.11 bits per heavy atom. The van der Waals surface area contributed by atoms with E-state index in [1.165, 1.54) is 18.4 Å². The summed E-state index contributed by atoms with van der Waals surface area (Å²) >= 11 is 0. The third kappa shape index (κ3) is 2.70. The van der Waals surface area contributed by atoms with Crippen LogP contribution in [0, 0.1) is 6.92 Å². The third-order valence-corrected chi connectivity index (χ3v) is 4.76. The summed E-state index contributed by atoms with van der Waals surface area (Å²) in [6, 6.07) is 8.38. The van der Waals surface area contributed by atoms with Gasteiger partial charge in [0.1, 0.15) is 0 Å². The Morgan fingerprint density at radius 2 is 1.63 bits per heavy atom. The maximum absolute atomic E-state index is 11.0. The molecule has 1 fully saturated rings. The van der Waals surface area contributed by atoms with Crippen molar-refractivity contribution in [3.8, 4) is 0 Å². The summed E-state index contributed by atoms with van der Waals surface area (Å²) in [7, 11) is 0. The Labute approximate surface area is 117 Å². The Morgan fingerprint density at radius 1 is 1.11 bits per heavy atom. The average Bonchev–Trinajstić information content (AvgIpc) is 2.91. The summed E-state index contributed by atoms with van der Waals surface area (Å²) < 4.78 is 0. The van der Waals surface area contributed by atoms with E-state index in [-0.39, 0.29) is 11.6 Å². The zero-order valence-corrected chi connectivity index (χ0v) is 12.5. The highest BCUT2D eigenvalue weighted by Crippen LogP contribution is 2.44. The molecule has 0 amide bonds. The molecule has 0 spiro atoms. The van der Waals surface area contributed by atoms with E-state index in [0.717, 1.165) is 31.5 Å².